The molecule has 5 heteroatoms. The van der Waals surface area contributed by atoms with Gasteiger partial charge in [0, 0.05) is 9.60 Å². The smallest absolute Gasteiger partial charge is 0.123 e. The molecule has 0 radical (unpaired) electrons. The Bertz CT molecular complexity index is 766. The SMILES string of the molecule is NCCc1c(Sc2ccc(F)cc2)sc2ccc(F)cc12. The van der Waals surface area contributed by atoms with Gasteiger partial charge in [-0.05, 0) is 66.4 Å². The third kappa shape index (κ3) is 3.10. The van der Waals surface area contributed by atoms with Crippen LogP contribution in [0.3, 0.4) is 0 Å². The van der Waals surface area contributed by atoms with Crippen LogP contribution in [0.2, 0.25) is 0 Å². The molecule has 1 aromatic heterocycles. The lowest BCUT2D eigenvalue weighted by molar-refractivity contribution is 0.626. The van der Waals surface area contributed by atoms with Crippen LogP contribution in [0, 0.1) is 11.6 Å². The molecule has 1 heterocycles. The maximum absolute atomic E-state index is 13.5. The monoisotopic (exact) mass is 321 g/mol. The van der Waals surface area contributed by atoms with Crippen LogP contribution in [-0.4, -0.2) is 6.54 Å². The molecule has 0 amide bonds. The van der Waals surface area contributed by atoms with Crippen LogP contribution in [0.5, 0.6) is 0 Å². The van der Waals surface area contributed by atoms with Crippen LogP contribution < -0.4 is 5.73 Å². The molecule has 2 aromatic carbocycles. The fourth-order valence-corrected chi connectivity index (χ4v) is 4.68. The molecule has 3 rings (SSSR count). The number of fused-ring (bicyclic) bond motifs is 1. The predicted molar refractivity (Wildman–Crippen MR) is 85.1 cm³/mol. The number of hydrogen-bond donors (Lipinski definition) is 1. The molecule has 0 saturated carbocycles. The minimum Gasteiger partial charge on any atom is -0.330 e. The lowest BCUT2D eigenvalue weighted by Gasteiger charge is -2.03. The van der Waals surface area contributed by atoms with Gasteiger partial charge in [0.15, 0.2) is 0 Å². The Morgan fingerprint density at radius 2 is 1.71 bits per heavy atom. The molecule has 0 bridgehead atoms. The highest BCUT2D eigenvalue weighted by Gasteiger charge is 2.13. The summed E-state index contributed by atoms with van der Waals surface area (Å²) in [5, 5.41) is 0.926. The minimum absolute atomic E-state index is 0.239. The Labute approximate surface area is 129 Å². The molecule has 0 atom stereocenters. The third-order valence-electron chi connectivity index (χ3n) is 3.13. The summed E-state index contributed by atoms with van der Waals surface area (Å²) < 4.78 is 28.6. The van der Waals surface area contributed by atoms with E-state index in [0.29, 0.717) is 13.0 Å². The Morgan fingerprint density at radius 3 is 2.43 bits per heavy atom. The Morgan fingerprint density at radius 1 is 1.00 bits per heavy atom. The van der Waals surface area contributed by atoms with Crippen LogP contribution in [0.1, 0.15) is 5.56 Å². The molecule has 0 aliphatic rings. The van der Waals surface area contributed by atoms with Gasteiger partial charge >= 0.3 is 0 Å². The van der Waals surface area contributed by atoms with Crippen molar-refractivity contribution in [1.82, 2.24) is 0 Å². The molecule has 0 aliphatic carbocycles. The normalized spacial score (nSPS) is 11.2. The number of hydrogen-bond acceptors (Lipinski definition) is 3. The van der Waals surface area contributed by atoms with Gasteiger partial charge in [0.25, 0.3) is 0 Å². The van der Waals surface area contributed by atoms with Crippen molar-refractivity contribution in [2.45, 2.75) is 15.5 Å². The van der Waals surface area contributed by atoms with Crippen molar-refractivity contribution >= 4 is 33.2 Å². The Hall–Kier alpha value is -1.43. The van der Waals surface area contributed by atoms with Gasteiger partial charge in [0.05, 0.1) is 4.21 Å². The van der Waals surface area contributed by atoms with Crippen LogP contribution in [0.25, 0.3) is 10.1 Å². The standard InChI is InChI=1S/C16H13F2NS2/c17-10-1-4-12(5-2-10)20-16-13(7-8-19)14-9-11(18)3-6-15(14)21-16/h1-6,9H,7-8,19H2. The van der Waals surface area contributed by atoms with Crippen molar-refractivity contribution < 1.29 is 8.78 Å². The lowest BCUT2D eigenvalue weighted by atomic mass is 10.1. The van der Waals surface area contributed by atoms with E-state index in [1.807, 2.05) is 0 Å². The zero-order valence-electron chi connectivity index (χ0n) is 11.1. The lowest BCUT2D eigenvalue weighted by Crippen LogP contribution is -2.02. The molecule has 0 aliphatic heterocycles. The predicted octanol–water partition coefficient (Wildman–Crippen LogP) is 4.83. The first-order valence-electron chi connectivity index (χ1n) is 6.52. The molecule has 1 nitrogen and oxygen atoms in total. The summed E-state index contributed by atoms with van der Waals surface area (Å²) in [4.78, 5) is 0.960. The highest BCUT2D eigenvalue weighted by molar-refractivity contribution is 8.01. The summed E-state index contributed by atoms with van der Waals surface area (Å²) in [6.07, 6.45) is 0.701. The van der Waals surface area contributed by atoms with E-state index < -0.39 is 0 Å². The maximum Gasteiger partial charge on any atom is 0.123 e. The molecule has 2 N–H and O–H groups in total. The van der Waals surface area contributed by atoms with Gasteiger partial charge in [-0.25, -0.2) is 8.78 Å². The van der Waals surface area contributed by atoms with E-state index in [0.717, 1.165) is 24.8 Å². The average molecular weight is 321 g/mol. The van der Waals surface area contributed by atoms with E-state index in [4.69, 9.17) is 5.73 Å². The van der Waals surface area contributed by atoms with E-state index in [2.05, 4.69) is 0 Å². The van der Waals surface area contributed by atoms with E-state index in [-0.39, 0.29) is 11.6 Å². The zero-order chi connectivity index (χ0) is 14.8. The number of benzene rings is 2. The van der Waals surface area contributed by atoms with Crippen molar-refractivity contribution in [3.8, 4) is 0 Å². The van der Waals surface area contributed by atoms with Gasteiger partial charge in [-0.1, -0.05) is 11.8 Å². The molecule has 108 valence electrons. The molecule has 0 spiro atoms. The highest BCUT2D eigenvalue weighted by Crippen LogP contribution is 2.41. The van der Waals surface area contributed by atoms with Gasteiger partial charge in [-0.3, -0.25) is 0 Å². The molecule has 0 fully saturated rings. The zero-order valence-corrected chi connectivity index (χ0v) is 12.7. The number of thiophene rings is 1. The number of halogens is 2. The Kier molecular flexibility index (Phi) is 4.24. The van der Waals surface area contributed by atoms with Gasteiger partial charge in [-0.2, -0.15) is 0 Å². The second kappa shape index (κ2) is 6.13. The first-order valence-corrected chi connectivity index (χ1v) is 8.15. The fraction of sp³-hybridized carbons (Fsp3) is 0.125. The molecular formula is C16H13F2NS2. The van der Waals surface area contributed by atoms with Gasteiger partial charge in [0.1, 0.15) is 11.6 Å². The van der Waals surface area contributed by atoms with Gasteiger partial charge < -0.3 is 5.73 Å². The number of rotatable bonds is 4. The van der Waals surface area contributed by atoms with Crippen molar-refractivity contribution in [2.24, 2.45) is 5.73 Å². The molecule has 3 aromatic rings. The summed E-state index contributed by atoms with van der Waals surface area (Å²) in [6, 6.07) is 11.2. The van der Waals surface area contributed by atoms with Crippen molar-refractivity contribution in [3.63, 3.8) is 0 Å². The topological polar surface area (TPSA) is 26.0 Å². The molecule has 0 unspecified atom stereocenters. The second-order valence-electron chi connectivity index (χ2n) is 4.60. The van der Waals surface area contributed by atoms with Crippen molar-refractivity contribution in [1.29, 1.82) is 0 Å². The highest BCUT2D eigenvalue weighted by atomic mass is 32.2. The molecule has 21 heavy (non-hydrogen) atoms. The van der Waals surface area contributed by atoms with Crippen LogP contribution in [0.15, 0.2) is 51.6 Å². The average Bonchev–Trinajstić information content (AvgIpc) is 2.79. The maximum atomic E-state index is 13.5. The van der Waals surface area contributed by atoms with E-state index in [1.165, 1.54) is 18.2 Å². The van der Waals surface area contributed by atoms with Crippen molar-refractivity contribution in [2.75, 3.05) is 6.54 Å². The summed E-state index contributed by atoms with van der Waals surface area (Å²) in [5.41, 5.74) is 6.76. The first-order chi connectivity index (χ1) is 10.2. The van der Waals surface area contributed by atoms with E-state index in [1.54, 1.807) is 47.4 Å². The van der Waals surface area contributed by atoms with Gasteiger partial charge in [0.2, 0.25) is 0 Å². The van der Waals surface area contributed by atoms with Crippen LogP contribution in [0.4, 0.5) is 8.78 Å². The minimum atomic E-state index is -0.250. The molecule has 0 saturated heterocycles. The molecular weight excluding hydrogens is 308 g/mol. The third-order valence-corrected chi connectivity index (χ3v) is 5.58. The van der Waals surface area contributed by atoms with E-state index >= 15 is 0 Å². The summed E-state index contributed by atoms with van der Waals surface area (Å²) in [6.45, 7) is 0.513. The first kappa shape index (κ1) is 14.5. The fourth-order valence-electron chi connectivity index (χ4n) is 2.17. The van der Waals surface area contributed by atoms with Gasteiger partial charge in [-0.15, -0.1) is 11.3 Å². The largest absolute Gasteiger partial charge is 0.330 e. The van der Waals surface area contributed by atoms with Crippen LogP contribution in [-0.2, 0) is 6.42 Å². The quantitative estimate of drug-likeness (QED) is 0.744. The van der Waals surface area contributed by atoms with E-state index in [9.17, 15) is 8.78 Å². The summed E-state index contributed by atoms with van der Waals surface area (Å²) in [5.74, 6) is -0.489. The summed E-state index contributed by atoms with van der Waals surface area (Å²) >= 11 is 3.19. The Balaban J connectivity index is 2.04. The van der Waals surface area contributed by atoms with Crippen LogP contribution >= 0.6 is 23.1 Å². The summed E-state index contributed by atoms with van der Waals surface area (Å²) in [7, 11) is 0. The number of nitrogens with two attached hydrogens (primary N) is 1. The second-order valence-corrected chi connectivity index (χ2v) is 7.00. The van der Waals surface area contributed by atoms with Crippen molar-refractivity contribution in [3.05, 3.63) is 59.7 Å².